The van der Waals surface area contributed by atoms with Crippen molar-refractivity contribution in [3.63, 3.8) is 0 Å². The number of nitrogens with one attached hydrogen (secondary N) is 1. The fourth-order valence-corrected chi connectivity index (χ4v) is 3.74. The lowest BCUT2D eigenvalue weighted by Crippen LogP contribution is -2.45. The molecule has 0 unspecified atom stereocenters. The van der Waals surface area contributed by atoms with E-state index in [0.717, 1.165) is 35.1 Å². The van der Waals surface area contributed by atoms with Gasteiger partial charge in [0, 0.05) is 35.1 Å². The van der Waals surface area contributed by atoms with Crippen LogP contribution < -0.4 is 5.32 Å². The summed E-state index contributed by atoms with van der Waals surface area (Å²) in [6.07, 6.45) is 0. The monoisotopic (exact) mass is 408 g/mol. The van der Waals surface area contributed by atoms with Gasteiger partial charge in [-0.05, 0) is 35.4 Å². The summed E-state index contributed by atoms with van der Waals surface area (Å²) < 4.78 is 2.27. The van der Waals surface area contributed by atoms with Gasteiger partial charge in [0.25, 0.3) is 0 Å². The second-order valence-electron chi connectivity index (χ2n) is 5.30. The van der Waals surface area contributed by atoms with Crippen LogP contribution in [0.1, 0.15) is 17.2 Å². The fourth-order valence-electron chi connectivity index (χ4n) is 2.91. The normalized spacial score (nSPS) is 16.3. The van der Waals surface area contributed by atoms with Gasteiger partial charge in [0.1, 0.15) is 0 Å². The highest BCUT2D eigenvalue weighted by Gasteiger charge is 2.24. The first-order valence-corrected chi connectivity index (χ1v) is 8.78. The van der Waals surface area contributed by atoms with Crippen molar-refractivity contribution in [3.8, 4) is 0 Å². The zero-order valence-corrected chi connectivity index (χ0v) is 14.9. The van der Waals surface area contributed by atoms with E-state index in [9.17, 15) is 0 Å². The summed E-state index contributed by atoms with van der Waals surface area (Å²) >= 11 is 7.20. The van der Waals surface area contributed by atoms with Crippen LogP contribution in [0.2, 0.25) is 0 Å². The van der Waals surface area contributed by atoms with Gasteiger partial charge in [0.2, 0.25) is 0 Å². The van der Waals surface area contributed by atoms with Gasteiger partial charge >= 0.3 is 0 Å². The molecule has 2 aromatic carbocycles. The molecule has 0 aromatic heterocycles. The first-order chi connectivity index (χ1) is 10.2. The number of halogens is 2. The predicted octanol–water partition coefficient (Wildman–Crippen LogP) is 4.21. The zero-order valence-electron chi connectivity index (χ0n) is 11.7. The topological polar surface area (TPSA) is 15.3 Å². The molecule has 1 saturated heterocycles. The largest absolute Gasteiger partial charge is 0.314 e. The first-order valence-electron chi connectivity index (χ1n) is 7.20. The molecule has 110 valence electrons. The zero-order chi connectivity index (χ0) is 14.7. The van der Waals surface area contributed by atoms with E-state index in [1.165, 1.54) is 11.1 Å². The summed E-state index contributed by atoms with van der Waals surface area (Å²) in [4.78, 5) is 2.56. The van der Waals surface area contributed by atoms with Crippen LogP contribution >= 0.6 is 31.9 Å². The van der Waals surface area contributed by atoms with E-state index in [1.54, 1.807) is 0 Å². The SMILES string of the molecule is Brc1cccc(C(c2cccc(Br)c2)N2CCNCC2)c1. The molecular formula is C17H18Br2N2. The molecule has 1 aliphatic rings. The smallest absolute Gasteiger partial charge is 0.0603 e. The van der Waals surface area contributed by atoms with Crippen LogP contribution in [0.3, 0.4) is 0 Å². The molecule has 4 heteroatoms. The van der Waals surface area contributed by atoms with Gasteiger partial charge in [-0.25, -0.2) is 0 Å². The molecule has 1 aliphatic heterocycles. The van der Waals surface area contributed by atoms with E-state index in [4.69, 9.17) is 0 Å². The number of nitrogens with zero attached hydrogens (tertiary/aromatic N) is 1. The van der Waals surface area contributed by atoms with Crippen LogP contribution in [0.5, 0.6) is 0 Å². The molecule has 3 rings (SSSR count). The van der Waals surface area contributed by atoms with Crippen molar-refractivity contribution < 1.29 is 0 Å². The van der Waals surface area contributed by atoms with E-state index in [1.807, 2.05) is 0 Å². The molecule has 2 nitrogen and oxygen atoms in total. The summed E-state index contributed by atoms with van der Waals surface area (Å²) in [5.74, 6) is 0. The average molecular weight is 410 g/mol. The maximum absolute atomic E-state index is 3.60. The third-order valence-electron chi connectivity index (χ3n) is 3.85. The third kappa shape index (κ3) is 3.75. The van der Waals surface area contributed by atoms with Crippen molar-refractivity contribution in [1.82, 2.24) is 10.2 Å². The van der Waals surface area contributed by atoms with Crippen molar-refractivity contribution in [2.45, 2.75) is 6.04 Å². The lowest BCUT2D eigenvalue weighted by Gasteiger charge is -2.35. The predicted molar refractivity (Wildman–Crippen MR) is 94.6 cm³/mol. The average Bonchev–Trinajstić information content (AvgIpc) is 2.49. The molecule has 0 atom stereocenters. The minimum atomic E-state index is 0.307. The minimum Gasteiger partial charge on any atom is -0.314 e. The Morgan fingerprint density at radius 3 is 1.86 bits per heavy atom. The Hall–Kier alpha value is -0.680. The molecule has 1 N–H and O–H groups in total. The highest BCUT2D eigenvalue weighted by atomic mass is 79.9. The van der Waals surface area contributed by atoms with Gasteiger partial charge in [-0.15, -0.1) is 0 Å². The second kappa shape index (κ2) is 7.05. The van der Waals surface area contributed by atoms with E-state index in [2.05, 4.69) is 90.6 Å². The first kappa shape index (κ1) is 15.2. The van der Waals surface area contributed by atoms with E-state index in [-0.39, 0.29) is 0 Å². The maximum Gasteiger partial charge on any atom is 0.0603 e. The van der Waals surface area contributed by atoms with Crippen molar-refractivity contribution in [1.29, 1.82) is 0 Å². The molecule has 1 heterocycles. The van der Waals surface area contributed by atoms with E-state index >= 15 is 0 Å². The number of hydrogen-bond donors (Lipinski definition) is 1. The highest BCUT2D eigenvalue weighted by Crippen LogP contribution is 2.31. The van der Waals surface area contributed by atoms with Gasteiger partial charge in [-0.2, -0.15) is 0 Å². The second-order valence-corrected chi connectivity index (χ2v) is 7.13. The third-order valence-corrected chi connectivity index (χ3v) is 4.83. The van der Waals surface area contributed by atoms with Crippen LogP contribution in [0, 0.1) is 0 Å². The van der Waals surface area contributed by atoms with Crippen LogP contribution in [0.4, 0.5) is 0 Å². The van der Waals surface area contributed by atoms with Crippen molar-refractivity contribution >= 4 is 31.9 Å². The fraction of sp³-hybridized carbons (Fsp3) is 0.294. The van der Waals surface area contributed by atoms with Gasteiger partial charge in [0.15, 0.2) is 0 Å². The Kier molecular flexibility index (Phi) is 5.11. The Labute approximate surface area is 142 Å². The van der Waals surface area contributed by atoms with Crippen LogP contribution in [-0.4, -0.2) is 31.1 Å². The molecule has 0 aliphatic carbocycles. The molecule has 0 amide bonds. The number of hydrogen-bond acceptors (Lipinski definition) is 2. The number of rotatable bonds is 3. The molecule has 2 aromatic rings. The van der Waals surface area contributed by atoms with E-state index in [0.29, 0.717) is 6.04 Å². The summed E-state index contributed by atoms with van der Waals surface area (Å²) in [5, 5.41) is 3.44. The summed E-state index contributed by atoms with van der Waals surface area (Å²) in [7, 11) is 0. The lowest BCUT2D eigenvalue weighted by molar-refractivity contribution is 0.198. The van der Waals surface area contributed by atoms with E-state index < -0.39 is 0 Å². The molecule has 0 bridgehead atoms. The summed E-state index contributed by atoms with van der Waals surface area (Å²) in [6.45, 7) is 4.25. The van der Waals surface area contributed by atoms with Gasteiger partial charge in [0.05, 0.1) is 6.04 Å². The minimum absolute atomic E-state index is 0.307. The molecule has 0 radical (unpaired) electrons. The molecular weight excluding hydrogens is 392 g/mol. The Morgan fingerprint density at radius 1 is 0.857 bits per heavy atom. The van der Waals surface area contributed by atoms with Gasteiger partial charge in [-0.1, -0.05) is 56.1 Å². The van der Waals surface area contributed by atoms with Crippen molar-refractivity contribution in [3.05, 3.63) is 68.6 Å². The lowest BCUT2D eigenvalue weighted by atomic mass is 9.96. The quantitative estimate of drug-likeness (QED) is 0.816. The van der Waals surface area contributed by atoms with Crippen LogP contribution in [-0.2, 0) is 0 Å². The van der Waals surface area contributed by atoms with Gasteiger partial charge < -0.3 is 5.32 Å². The molecule has 1 fully saturated rings. The summed E-state index contributed by atoms with van der Waals surface area (Å²) in [6, 6.07) is 17.6. The number of benzene rings is 2. The van der Waals surface area contributed by atoms with Crippen molar-refractivity contribution in [2.75, 3.05) is 26.2 Å². The van der Waals surface area contributed by atoms with Gasteiger partial charge in [-0.3, -0.25) is 4.90 Å². The Balaban J connectivity index is 2.01. The summed E-state index contributed by atoms with van der Waals surface area (Å²) in [5.41, 5.74) is 2.67. The van der Waals surface area contributed by atoms with Crippen LogP contribution in [0.25, 0.3) is 0 Å². The number of piperazine rings is 1. The standard InChI is InChI=1S/C17H18Br2N2/c18-15-5-1-3-13(11-15)17(21-9-7-20-8-10-21)14-4-2-6-16(19)12-14/h1-6,11-12,17,20H,7-10H2. The Bertz CT molecular complexity index is 564. The molecule has 0 spiro atoms. The molecule has 0 saturated carbocycles. The molecule has 21 heavy (non-hydrogen) atoms. The maximum atomic E-state index is 3.60. The highest BCUT2D eigenvalue weighted by molar-refractivity contribution is 9.10. The Morgan fingerprint density at radius 2 is 1.38 bits per heavy atom. The van der Waals surface area contributed by atoms with Crippen LogP contribution in [0.15, 0.2) is 57.5 Å². The van der Waals surface area contributed by atoms with Crippen molar-refractivity contribution in [2.24, 2.45) is 0 Å².